The number of nitrogens with zero attached hydrogens (tertiary/aromatic N) is 2. The van der Waals surface area contributed by atoms with Gasteiger partial charge in [-0.2, -0.15) is 0 Å². The number of amides is 1. The van der Waals surface area contributed by atoms with Gasteiger partial charge in [-0.3, -0.25) is 0 Å². The number of alkyl halides is 1. The van der Waals surface area contributed by atoms with E-state index in [4.69, 9.17) is 4.43 Å². The van der Waals surface area contributed by atoms with Crippen LogP contribution in [0.1, 0.15) is 43.1 Å². The fourth-order valence-corrected chi connectivity index (χ4v) is 14.4. The fourth-order valence-electron chi connectivity index (χ4n) is 6.63. The third-order valence-corrected chi connectivity index (χ3v) is 17.1. The standard InChI is InChI=1S/C38H36F2N3O3SSeSi/c1-36(2,3)49(30-20-12-6-13-21-30,31-22-14-7-15-23-31)46-26-29-24-37(40,28-18-10-5-11-19-28)38(48,47-29)43-25-32(39)33(42-35(43)45)41-34(44)27-16-8-4-9-17-27/h4-23,25,29H,24,26H2,1-3H3,(H,41,42,44,45)/t29-,37+,38+/m1/s1. The molecule has 251 valence electrons. The molecule has 1 aromatic heterocycles. The number of hydrogen-bond acceptors (Lipinski definition) is 5. The van der Waals surface area contributed by atoms with Crippen molar-refractivity contribution in [1.29, 1.82) is 0 Å². The normalized spacial score (nSPS) is 21.0. The molecule has 3 atom stereocenters. The Morgan fingerprint density at radius 1 is 0.939 bits per heavy atom. The van der Waals surface area contributed by atoms with E-state index in [0.717, 1.165) is 21.1 Å². The van der Waals surface area contributed by atoms with Gasteiger partial charge in [0.2, 0.25) is 0 Å². The van der Waals surface area contributed by atoms with E-state index in [9.17, 15) is 9.59 Å². The number of benzene rings is 4. The molecule has 4 aromatic carbocycles. The molecular weight excluding hydrogens is 724 g/mol. The molecule has 1 radical (unpaired) electrons. The molecular formula is C38H36F2N3O3SSeSi. The maximum absolute atomic E-state index is 17.9. The van der Waals surface area contributed by atoms with Crippen LogP contribution in [-0.2, 0) is 13.9 Å². The van der Waals surface area contributed by atoms with E-state index in [0.29, 0.717) is 5.56 Å². The Balaban J connectivity index is 1.38. The van der Waals surface area contributed by atoms with E-state index >= 15 is 8.78 Å². The van der Waals surface area contributed by atoms with Gasteiger partial charge in [0.05, 0.1) is 0 Å². The second-order valence-electron chi connectivity index (χ2n) is 13.1. The summed E-state index contributed by atoms with van der Waals surface area (Å²) in [4.78, 5) is 30.3. The number of halogens is 2. The van der Waals surface area contributed by atoms with Crippen molar-refractivity contribution in [3.8, 4) is 0 Å². The van der Waals surface area contributed by atoms with Gasteiger partial charge in [0.1, 0.15) is 0 Å². The van der Waals surface area contributed by atoms with E-state index in [1.807, 2.05) is 36.4 Å². The van der Waals surface area contributed by atoms with Crippen molar-refractivity contribution in [2.24, 2.45) is 0 Å². The molecule has 1 aliphatic heterocycles. The predicted octanol–water partition coefficient (Wildman–Crippen LogP) is 6.36. The molecule has 6 nitrogen and oxygen atoms in total. The Hall–Kier alpha value is -3.86. The molecule has 2 heterocycles. The summed E-state index contributed by atoms with van der Waals surface area (Å²) >= 11 is 4.13. The first-order chi connectivity index (χ1) is 23.4. The van der Waals surface area contributed by atoms with Crippen LogP contribution in [0.4, 0.5) is 14.6 Å². The van der Waals surface area contributed by atoms with Gasteiger partial charge in [0.15, 0.2) is 0 Å². The van der Waals surface area contributed by atoms with Crippen LogP contribution in [0.2, 0.25) is 5.04 Å². The Kier molecular flexibility index (Phi) is 9.85. The van der Waals surface area contributed by atoms with Gasteiger partial charge < -0.3 is 0 Å². The number of thioether (sulfide) groups is 1. The molecule has 0 saturated carbocycles. The summed E-state index contributed by atoms with van der Waals surface area (Å²) in [5, 5.41) is 3.82. The van der Waals surface area contributed by atoms with E-state index in [2.05, 4.69) is 71.4 Å². The molecule has 1 aliphatic rings. The summed E-state index contributed by atoms with van der Waals surface area (Å²) in [6.07, 6.45) is 0.898. The van der Waals surface area contributed by atoms with Crippen LogP contribution in [0.5, 0.6) is 0 Å². The van der Waals surface area contributed by atoms with Crippen LogP contribution in [0.25, 0.3) is 0 Å². The number of nitrogens with one attached hydrogen (secondary N) is 1. The van der Waals surface area contributed by atoms with Crippen LogP contribution in [0.3, 0.4) is 0 Å². The van der Waals surface area contributed by atoms with Crippen molar-refractivity contribution < 1.29 is 18.0 Å². The van der Waals surface area contributed by atoms with Crippen LogP contribution in [0, 0.1) is 5.82 Å². The molecule has 1 fully saturated rings. The molecule has 1 amide bonds. The number of hydrogen-bond donors (Lipinski definition) is 1. The summed E-state index contributed by atoms with van der Waals surface area (Å²) < 4.78 is 40.0. The summed E-state index contributed by atoms with van der Waals surface area (Å²) in [5.74, 6) is -2.12. The molecule has 0 bridgehead atoms. The van der Waals surface area contributed by atoms with Crippen molar-refractivity contribution in [1.82, 2.24) is 9.55 Å². The minimum absolute atomic E-state index is 0.0204. The van der Waals surface area contributed by atoms with Crippen LogP contribution >= 0.6 is 11.8 Å². The van der Waals surface area contributed by atoms with Crippen molar-refractivity contribution in [3.63, 3.8) is 0 Å². The number of rotatable bonds is 9. The summed E-state index contributed by atoms with van der Waals surface area (Å²) in [5.41, 5.74) is -2.47. The van der Waals surface area contributed by atoms with Gasteiger partial charge in [0, 0.05) is 0 Å². The molecule has 49 heavy (non-hydrogen) atoms. The quantitative estimate of drug-likeness (QED) is 0.177. The minimum atomic E-state index is -2.97. The molecule has 1 saturated heterocycles. The zero-order valence-corrected chi connectivity index (χ0v) is 30.8. The third-order valence-electron chi connectivity index (χ3n) is 8.94. The van der Waals surface area contributed by atoms with Crippen LogP contribution in [0.15, 0.2) is 132 Å². The van der Waals surface area contributed by atoms with Crippen molar-refractivity contribution >= 4 is 58.2 Å². The molecule has 0 unspecified atom stereocenters. The number of carbonyl (C=O) groups excluding carboxylic acids is 1. The zero-order valence-electron chi connectivity index (χ0n) is 27.3. The summed E-state index contributed by atoms with van der Waals surface area (Å²) in [6, 6.07) is 37.2. The second-order valence-corrected chi connectivity index (χ2v) is 20.7. The van der Waals surface area contributed by atoms with Crippen LogP contribution < -0.4 is 21.4 Å². The zero-order chi connectivity index (χ0) is 34.9. The van der Waals surface area contributed by atoms with Crippen LogP contribution in [-0.4, -0.2) is 51.6 Å². The van der Waals surface area contributed by atoms with Crippen molar-refractivity contribution in [2.75, 3.05) is 11.9 Å². The van der Waals surface area contributed by atoms with Gasteiger partial charge in [-0.25, -0.2) is 0 Å². The third kappa shape index (κ3) is 6.46. The molecule has 6 rings (SSSR count). The van der Waals surface area contributed by atoms with Gasteiger partial charge in [-0.1, -0.05) is 0 Å². The average molecular weight is 760 g/mol. The fraction of sp³-hybridized carbons (Fsp3) is 0.237. The second kappa shape index (κ2) is 13.8. The molecule has 5 aromatic rings. The Morgan fingerprint density at radius 3 is 1.98 bits per heavy atom. The molecule has 0 aliphatic carbocycles. The first-order valence-electron chi connectivity index (χ1n) is 15.9. The first-order valence-corrected chi connectivity index (χ1v) is 19.6. The summed E-state index contributed by atoms with van der Waals surface area (Å²) in [7, 11) is -2.97. The van der Waals surface area contributed by atoms with Gasteiger partial charge in [-0.15, -0.1) is 0 Å². The number of carbonyl (C=O) groups is 1. The Labute approximate surface area is 298 Å². The molecule has 1 N–H and O–H groups in total. The molecule has 0 spiro atoms. The number of anilines is 1. The SMILES string of the molecule is CC(C)(C)[Si](OC[C@H]1C[C@](F)(c2ccccc2)[C@]([Se])(n2cc(F)c(NC(=O)c3ccccc3)nc2=O)S1)(c1ccccc1)c1ccccc1. The van der Waals surface area contributed by atoms with Gasteiger partial charge >= 0.3 is 300 Å². The summed E-state index contributed by atoms with van der Waals surface area (Å²) in [6.45, 7) is 6.70. The molecule has 11 heteroatoms. The predicted molar refractivity (Wildman–Crippen MR) is 195 cm³/mol. The Morgan fingerprint density at radius 2 is 1.45 bits per heavy atom. The van der Waals surface area contributed by atoms with Crippen molar-refractivity contribution in [3.05, 3.63) is 155 Å². The van der Waals surface area contributed by atoms with E-state index in [-0.39, 0.29) is 23.6 Å². The topological polar surface area (TPSA) is 73.2 Å². The van der Waals surface area contributed by atoms with E-state index in [1.165, 1.54) is 11.8 Å². The monoisotopic (exact) mass is 760 g/mol. The van der Waals surface area contributed by atoms with E-state index < -0.39 is 46.2 Å². The van der Waals surface area contributed by atoms with Crippen molar-refractivity contribution in [2.45, 2.75) is 46.9 Å². The maximum atomic E-state index is 17.9. The van der Waals surface area contributed by atoms with Gasteiger partial charge in [-0.05, 0) is 0 Å². The van der Waals surface area contributed by atoms with Gasteiger partial charge in [0.25, 0.3) is 0 Å². The number of aromatic nitrogens is 2. The Bertz CT molecular complexity index is 1950. The first kappa shape index (κ1) is 35.0. The average Bonchev–Trinajstić information content (AvgIpc) is 3.38. The van der Waals surface area contributed by atoms with E-state index in [1.54, 1.807) is 60.7 Å².